The van der Waals surface area contributed by atoms with Gasteiger partial charge < -0.3 is 34.2 Å². The molecule has 0 aromatic carbocycles. The SMILES string of the molecule is CC/C=C\C/C=C\C/C=C\C/C=C\C/C=C\CCCC(=O)OCC(COP(=O)(O)OCC(O)COP(=O)(O)OCC(O)COC(=O)CCCCCCCCCCCCCCCCCCCCC/C=C\C/C=C\C/C=C\C/C=C\CCCCC)OC(=O)CCCCCCCCCCCCC. The lowest BCUT2D eigenvalue weighted by Gasteiger charge is -2.21. The molecule has 0 aromatic heterocycles. The maximum atomic E-state index is 12.9. The molecule has 0 spiro atoms. The van der Waals surface area contributed by atoms with Crippen LogP contribution in [-0.2, 0) is 55.8 Å². The molecule has 0 heterocycles. The van der Waals surface area contributed by atoms with Gasteiger partial charge in [0.2, 0.25) is 0 Å². The van der Waals surface area contributed by atoms with E-state index in [-0.39, 0.29) is 19.3 Å². The fraction of sp³-hybridized carbons (Fsp3) is 0.741. The largest absolute Gasteiger partial charge is 0.472 e. The number of phosphoric ester groups is 2. The predicted molar refractivity (Wildman–Crippen MR) is 408 cm³/mol. The van der Waals surface area contributed by atoms with Crippen LogP contribution in [0.4, 0.5) is 0 Å². The van der Waals surface area contributed by atoms with Crippen LogP contribution in [0.3, 0.4) is 0 Å². The van der Waals surface area contributed by atoms with Crippen molar-refractivity contribution >= 4 is 33.6 Å². The number of unbranched alkanes of at least 4 members (excludes halogenated alkanes) is 33. The number of esters is 3. The smallest absolute Gasteiger partial charge is 0.463 e. The molecule has 0 radical (unpaired) electrons. The second kappa shape index (κ2) is 73.9. The molecule has 5 unspecified atom stereocenters. The number of rotatable bonds is 74. The van der Waals surface area contributed by atoms with Crippen LogP contribution in [-0.4, -0.2) is 95.9 Å². The molecule has 0 amide bonds. The molecule has 0 saturated heterocycles. The van der Waals surface area contributed by atoms with Crippen LogP contribution in [0.5, 0.6) is 0 Å². The molecular formula is C81H142O16P2. The fourth-order valence-electron chi connectivity index (χ4n) is 10.5. The number of allylic oxidation sites excluding steroid dienone is 18. The zero-order chi connectivity index (χ0) is 72.3. The molecule has 0 bridgehead atoms. The molecule has 16 nitrogen and oxygen atoms in total. The maximum absolute atomic E-state index is 12.9. The van der Waals surface area contributed by atoms with Gasteiger partial charge in [-0.3, -0.25) is 32.5 Å². The summed E-state index contributed by atoms with van der Waals surface area (Å²) in [5.41, 5.74) is 0. The first-order valence-corrected chi connectivity index (χ1v) is 42.2. The Morgan fingerprint density at radius 1 is 0.293 bits per heavy atom. The summed E-state index contributed by atoms with van der Waals surface area (Å²) in [4.78, 5) is 58.4. The van der Waals surface area contributed by atoms with E-state index in [9.17, 15) is 43.5 Å². The lowest BCUT2D eigenvalue weighted by Crippen LogP contribution is -2.30. The number of ether oxygens (including phenoxy) is 3. The number of hydrogen-bond donors (Lipinski definition) is 4. The van der Waals surface area contributed by atoms with E-state index in [1.54, 1.807) is 0 Å². The van der Waals surface area contributed by atoms with E-state index in [1.165, 1.54) is 167 Å². The summed E-state index contributed by atoms with van der Waals surface area (Å²) in [6, 6.07) is 0. The highest BCUT2D eigenvalue weighted by Gasteiger charge is 2.29. The Hall–Kier alpha value is -3.79. The summed E-state index contributed by atoms with van der Waals surface area (Å²) in [5, 5.41) is 20.6. The fourth-order valence-corrected chi connectivity index (χ4v) is 12.1. The van der Waals surface area contributed by atoms with Crippen molar-refractivity contribution in [1.29, 1.82) is 0 Å². The second-order valence-corrected chi connectivity index (χ2v) is 29.0. The first kappa shape index (κ1) is 95.2. The Bertz CT molecular complexity index is 2240. The number of aliphatic hydroxyl groups is 2. The summed E-state index contributed by atoms with van der Waals surface area (Å²) in [5.74, 6) is -1.63. The number of phosphoric acid groups is 2. The van der Waals surface area contributed by atoms with Gasteiger partial charge in [-0.05, 0) is 103 Å². The third-order valence-corrected chi connectivity index (χ3v) is 18.4. The highest BCUT2D eigenvalue weighted by Crippen LogP contribution is 2.45. The molecule has 5 atom stereocenters. The van der Waals surface area contributed by atoms with Gasteiger partial charge in [0.05, 0.1) is 26.4 Å². The molecule has 572 valence electrons. The van der Waals surface area contributed by atoms with Crippen molar-refractivity contribution in [2.45, 2.75) is 347 Å². The summed E-state index contributed by atoms with van der Waals surface area (Å²) < 4.78 is 60.9. The van der Waals surface area contributed by atoms with Crippen LogP contribution >= 0.6 is 15.6 Å². The van der Waals surface area contributed by atoms with Gasteiger partial charge in [-0.1, -0.05) is 316 Å². The van der Waals surface area contributed by atoms with Crippen LogP contribution in [0.15, 0.2) is 109 Å². The number of hydrogen-bond acceptors (Lipinski definition) is 14. The van der Waals surface area contributed by atoms with Crippen LogP contribution in [0.1, 0.15) is 329 Å². The minimum absolute atomic E-state index is 0.0932. The first-order chi connectivity index (χ1) is 48.2. The maximum Gasteiger partial charge on any atom is 0.472 e. The highest BCUT2D eigenvalue weighted by molar-refractivity contribution is 7.47. The average Bonchev–Trinajstić information content (AvgIpc) is 1.14. The molecule has 0 saturated carbocycles. The molecule has 0 aliphatic carbocycles. The molecule has 0 fully saturated rings. The van der Waals surface area contributed by atoms with Gasteiger partial charge in [0, 0.05) is 19.3 Å². The van der Waals surface area contributed by atoms with Crippen molar-refractivity contribution in [2.24, 2.45) is 0 Å². The molecule has 0 aromatic rings. The standard InChI is InChI=1S/C81H142O16P2/c1-4-7-10-13-16-19-22-24-26-28-29-30-31-32-33-34-35-36-37-38-39-40-41-42-43-44-45-47-49-50-53-55-58-61-64-67-79(84)91-70-76(82)71-93-98(87,88)94-72-77(83)73-95-99(89,90)96-75-78(97-81(86)69-66-63-60-57-52-21-18-15-12-9-6-3)74-92-80(85)68-65-62-59-56-54-51-48-46-27-25-23-20-17-14-11-8-5-2/h8,11,16-17,19-20,24-27,29-30,32-33,48,51,56,59,76-78,82-83H,4-7,9-10,12-15,18,21-23,28,31,34-47,49-50,52-55,57-58,60-75H2,1-3H3,(H,87,88)(H,89,90)/b11-8-,19-16-,20-17-,26-24-,27-25-,30-29-,33-32-,51-48-,59-56-. The molecule has 99 heavy (non-hydrogen) atoms. The Morgan fingerprint density at radius 2 is 0.545 bits per heavy atom. The quantitative estimate of drug-likeness (QED) is 0.0146. The Labute approximate surface area is 602 Å². The molecule has 0 aliphatic rings. The van der Waals surface area contributed by atoms with Gasteiger partial charge in [-0.2, -0.15) is 0 Å². The van der Waals surface area contributed by atoms with E-state index in [2.05, 4.69) is 118 Å². The monoisotopic (exact) mass is 1430 g/mol. The first-order valence-electron chi connectivity index (χ1n) is 39.2. The van der Waals surface area contributed by atoms with Crippen LogP contribution in [0.25, 0.3) is 0 Å². The van der Waals surface area contributed by atoms with Gasteiger partial charge in [0.1, 0.15) is 25.4 Å². The zero-order valence-corrected chi connectivity index (χ0v) is 64.2. The van der Waals surface area contributed by atoms with Gasteiger partial charge in [0.15, 0.2) is 6.10 Å². The van der Waals surface area contributed by atoms with E-state index >= 15 is 0 Å². The lowest BCUT2D eigenvalue weighted by molar-refractivity contribution is -0.161. The summed E-state index contributed by atoms with van der Waals surface area (Å²) in [6.07, 6.45) is 86.2. The van der Waals surface area contributed by atoms with Gasteiger partial charge >= 0.3 is 33.6 Å². The minimum atomic E-state index is -4.93. The van der Waals surface area contributed by atoms with Crippen molar-refractivity contribution < 1.29 is 75.8 Å². The summed E-state index contributed by atoms with van der Waals surface area (Å²) >= 11 is 0. The zero-order valence-electron chi connectivity index (χ0n) is 62.4. The van der Waals surface area contributed by atoms with Crippen molar-refractivity contribution in [2.75, 3.05) is 39.6 Å². The molecule has 18 heteroatoms. The van der Waals surface area contributed by atoms with Gasteiger partial charge in [-0.15, -0.1) is 0 Å². The Kier molecular flexibility index (Phi) is 71.1. The third kappa shape index (κ3) is 75.2. The van der Waals surface area contributed by atoms with Crippen molar-refractivity contribution in [3.8, 4) is 0 Å². The average molecular weight is 1430 g/mol. The third-order valence-electron chi connectivity index (χ3n) is 16.5. The van der Waals surface area contributed by atoms with E-state index < -0.39 is 91.5 Å². The van der Waals surface area contributed by atoms with Crippen LogP contribution in [0, 0.1) is 0 Å². The van der Waals surface area contributed by atoms with Crippen molar-refractivity contribution in [3.63, 3.8) is 0 Å². The van der Waals surface area contributed by atoms with Gasteiger partial charge in [-0.25, -0.2) is 9.13 Å². The minimum Gasteiger partial charge on any atom is -0.463 e. The summed E-state index contributed by atoms with van der Waals surface area (Å²) in [7, 11) is -9.79. The van der Waals surface area contributed by atoms with E-state index in [4.69, 9.17) is 32.3 Å². The number of carbonyl (C=O) groups is 3. The number of carbonyl (C=O) groups excluding carboxylic acids is 3. The van der Waals surface area contributed by atoms with E-state index in [0.29, 0.717) is 25.7 Å². The van der Waals surface area contributed by atoms with E-state index in [1.807, 2.05) is 12.2 Å². The van der Waals surface area contributed by atoms with Crippen molar-refractivity contribution in [1.82, 2.24) is 0 Å². The highest BCUT2D eigenvalue weighted by atomic mass is 31.2. The van der Waals surface area contributed by atoms with Crippen LogP contribution in [0.2, 0.25) is 0 Å². The van der Waals surface area contributed by atoms with Crippen LogP contribution < -0.4 is 0 Å². The molecular weight excluding hydrogens is 1290 g/mol. The van der Waals surface area contributed by atoms with E-state index in [0.717, 1.165) is 96.3 Å². The summed E-state index contributed by atoms with van der Waals surface area (Å²) in [6.45, 7) is 2.47. The molecule has 4 N–H and O–H groups in total. The molecule has 0 rings (SSSR count). The molecule has 0 aliphatic heterocycles. The normalized spacial score (nSPS) is 14.6. The van der Waals surface area contributed by atoms with Crippen molar-refractivity contribution in [3.05, 3.63) is 109 Å². The lowest BCUT2D eigenvalue weighted by atomic mass is 10.0. The second-order valence-electron chi connectivity index (χ2n) is 26.1. The number of aliphatic hydroxyl groups excluding tert-OH is 2. The Balaban J connectivity index is 4.32. The topological polar surface area (TPSA) is 231 Å². The van der Waals surface area contributed by atoms with Gasteiger partial charge in [0.25, 0.3) is 0 Å². The Morgan fingerprint density at radius 3 is 0.909 bits per heavy atom. The predicted octanol–water partition coefficient (Wildman–Crippen LogP) is 22.8.